The van der Waals surface area contributed by atoms with Gasteiger partial charge >= 0.3 is 11.9 Å². The van der Waals surface area contributed by atoms with Gasteiger partial charge < -0.3 is 10.2 Å². The summed E-state index contributed by atoms with van der Waals surface area (Å²) in [6, 6.07) is 0. The number of carboxylic acid groups (broad SMARTS) is 2. The SMILES string of the molecule is O=C(O)C1CCC(C(=O)O)CC1.[Mn]. The van der Waals surface area contributed by atoms with Crippen molar-refractivity contribution in [3.8, 4) is 0 Å². The Kier molecular flexibility index (Phi) is 5.03. The van der Waals surface area contributed by atoms with Crippen molar-refractivity contribution in [1.29, 1.82) is 0 Å². The summed E-state index contributed by atoms with van der Waals surface area (Å²) in [5, 5.41) is 17.2. The van der Waals surface area contributed by atoms with E-state index in [9.17, 15) is 9.59 Å². The largest absolute Gasteiger partial charge is 0.481 e. The third-order valence-corrected chi connectivity index (χ3v) is 2.43. The minimum Gasteiger partial charge on any atom is -0.481 e. The molecular formula is C8H12MnO4. The van der Waals surface area contributed by atoms with E-state index < -0.39 is 11.9 Å². The topological polar surface area (TPSA) is 74.6 Å². The van der Waals surface area contributed by atoms with Crippen LogP contribution in [0.5, 0.6) is 0 Å². The first-order valence-electron chi connectivity index (χ1n) is 4.07. The van der Waals surface area contributed by atoms with Gasteiger partial charge in [-0.2, -0.15) is 0 Å². The van der Waals surface area contributed by atoms with Gasteiger partial charge in [0.05, 0.1) is 11.8 Å². The van der Waals surface area contributed by atoms with E-state index in [4.69, 9.17) is 10.2 Å². The van der Waals surface area contributed by atoms with Crippen LogP contribution >= 0.6 is 0 Å². The fourth-order valence-corrected chi connectivity index (χ4v) is 1.59. The Bertz CT molecular complexity index is 174. The molecule has 0 heterocycles. The predicted octanol–water partition coefficient (Wildman–Crippen LogP) is 0.959. The molecule has 1 fully saturated rings. The molecule has 13 heavy (non-hydrogen) atoms. The van der Waals surface area contributed by atoms with Crippen molar-refractivity contribution in [1.82, 2.24) is 0 Å². The summed E-state index contributed by atoms with van der Waals surface area (Å²) >= 11 is 0. The standard InChI is InChI=1S/C8H12O4.Mn/c9-7(10)5-1-2-6(4-3-5)8(11)12;/h5-6H,1-4H2,(H,9,10)(H,11,12);. The second-order valence-electron chi connectivity index (χ2n) is 3.23. The van der Waals surface area contributed by atoms with Crippen molar-refractivity contribution in [2.75, 3.05) is 0 Å². The van der Waals surface area contributed by atoms with E-state index in [-0.39, 0.29) is 28.9 Å². The molecule has 1 radical (unpaired) electrons. The minimum absolute atomic E-state index is 0. The van der Waals surface area contributed by atoms with Gasteiger partial charge in [0.1, 0.15) is 0 Å². The number of carbonyl (C=O) groups is 2. The summed E-state index contributed by atoms with van der Waals surface area (Å²) < 4.78 is 0. The number of rotatable bonds is 2. The van der Waals surface area contributed by atoms with Crippen LogP contribution in [0, 0.1) is 11.8 Å². The normalized spacial score (nSPS) is 27.4. The second kappa shape index (κ2) is 5.25. The van der Waals surface area contributed by atoms with Crippen molar-refractivity contribution in [3.63, 3.8) is 0 Å². The van der Waals surface area contributed by atoms with Crippen LogP contribution in [-0.2, 0) is 26.7 Å². The number of aliphatic carboxylic acids is 2. The maximum Gasteiger partial charge on any atom is 0.306 e. The summed E-state index contributed by atoms with van der Waals surface area (Å²) in [4.78, 5) is 21.0. The first kappa shape index (κ1) is 12.5. The fourth-order valence-electron chi connectivity index (χ4n) is 1.59. The average Bonchev–Trinajstić information content (AvgIpc) is 2.04. The molecule has 0 atom stereocenters. The molecule has 4 nitrogen and oxygen atoms in total. The molecule has 1 saturated carbocycles. The van der Waals surface area contributed by atoms with Crippen LogP contribution in [0.3, 0.4) is 0 Å². The summed E-state index contributed by atoms with van der Waals surface area (Å²) in [7, 11) is 0. The monoisotopic (exact) mass is 227 g/mol. The van der Waals surface area contributed by atoms with E-state index in [1.165, 1.54) is 0 Å². The smallest absolute Gasteiger partial charge is 0.306 e. The van der Waals surface area contributed by atoms with Crippen molar-refractivity contribution in [2.45, 2.75) is 25.7 Å². The van der Waals surface area contributed by atoms with Crippen molar-refractivity contribution in [2.24, 2.45) is 11.8 Å². The molecule has 0 aliphatic heterocycles. The maximum atomic E-state index is 10.5. The van der Waals surface area contributed by atoms with Crippen LogP contribution in [0.15, 0.2) is 0 Å². The van der Waals surface area contributed by atoms with Gasteiger partial charge in [-0.25, -0.2) is 0 Å². The molecule has 0 aromatic carbocycles. The second-order valence-corrected chi connectivity index (χ2v) is 3.23. The van der Waals surface area contributed by atoms with Gasteiger partial charge in [-0.1, -0.05) is 0 Å². The molecular weight excluding hydrogens is 215 g/mol. The van der Waals surface area contributed by atoms with E-state index >= 15 is 0 Å². The fraction of sp³-hybridized carbons (Fsp3) is 0.750. The Balaban J connectivity index is 0.00000144. The van der Waals surface area contributed by atoms with Crippen LogP contribution in [0.2, 0.25) is 0 Å². The van der Waals surface area contributed by atoms with Gasteiger partial charge in [0.15, 0.2) is 0 Å². The van der Waals surface area contributed by atoms with Crippen molar-refractivity contribution >= 4 is 11.9 Å². The first-order chi connectivity index (χ1) is 5.61. The molecule has 1 rings (SSSR count). The van der Waals surface area contributed by atoms with Crippen LogP contribution < -0.4 is 0 Å². The van der Waals surface area contributed by atoms with Gasteiger partial charge in [-0.15, -0.1) is 0 Å². The summed E-state index contributed by atoms with van der Waals surface area (Å²) in [5.41, 5.74) is 0. The summed E-state index contributed by atoms with van der Waals surface area (Å²) in [5.74, 6) is -2.22. The molecule has 75 valence electrons. The zero-order valence-corrected chi connectivity index (χ0v) is 8.25. The van der Waals surface area contributed by atoms with E-state index in [1.54, 1.807) is 0 Å². The van der Waals surface area contributed by atoms with Crippen LogP contribution in [0.25, 0.3) is 0 Å². The Morgan fingerprint density at radius 3 is 1.23 bits per heavy atom. The Morgan fingerprint density at radius 2 is 1.08 bits per heavy atom. The van der Waals surface area contributed by atoms with Gasteiger partial charge in [0.25, 0.3) is 0 Å². The molecule has 1 aliphatic rings. The van der Waals surface area contributed by atoms with Crippen LogP contribution in [0.1, 0.15) is 25.7 Å². The van der Waals surface area contributed by atoms with E-state index in [0.717, 1.165) is 0 Å². The van der Waals surface area contributed by atoms with E-state index in [1.807, 2.05) is 0 Å². The Hall–Kier alpha value is -0.541. The van der Waals surface area contributed by atoms with E-state index in [2.05, 4.69) is 0 Å². The summed E-state index contributed by atoms with van der Waals surface area (Å²) in [6.07, 6.45) is 2.03. The molecule has 0 amide bonds. The van der Waals surface area contributed by atoms with Gasteiger partial charge in [0, 0.05) is 17.1 Å². The molecule has 0 bridgehead atoms. The number of hydrogen-bond donors (Lipinski definition) is 2. The predicted molar refractivity (Wildman–Crippen MR) is 40.7 cm³/mol. The maximum absolute atomic E-state index is 10.5. The van der Waals surface area contributed by atoms with E-state index in [0.29, 0.717) is 25.7 Å². The van der Waals surface area contributed by atoms with Gasteiger partial charge in [0.2, 0.25) is 0 Å². The molecule has 2 N–H and O–H groups in total. The van der Waals surface area contributed by atoms with Gasteiger partial charge in [-0.3, -0.25) is 9.59 Å². The first-order valence-corrected chi connectivity index (χ1v) is 4.07. The zero-order chi connectivity index (χ0) is 9.14. The van der Waals surface area contributed by atoms with Crippen molar-refractivity contribution < 1.29 is 36.9 Å². The van der Waals surface area contributed by atoms with Crippen molar-refractivity contribution in [3.05, 3.63) is 0 Å². The Morgan fingerprint density at radius 1 is 0.846 bits per heavy atom. The molecule has 0 spiro atoms. The minimum atomic E-state index is -0.793. The number of hydrogen-bond acceptors (Lipinski definition) is 2. The Labute approximate surface area is 86.8 Å². The molecule has 5 heteroatoms. The quantitative estimate of drug-likeness (QED) is 0.689. The average molecular weight is 227 g/mol. The molecule has 0 aromatic heterocycles. The molecule has 0 aromatic rings. The third kappa shape index (κ3) is 3.36. The summed E-state index contributed by atoms with van der Waals surface area (Å²) in [6.45, 7) is 0. The molecule has 1 aliphatic carbocycles. The van der Waals surface area contributed by atoms with Gasteiger partial charge in [-0.05, 0) is 25.7 Å². The third-order valence-electron chi connectivity index (χ3n) is 2.43. The molecule has 0 saturated heterocycles. The van der Waals surface area contributed by atoms with Crippen LogP contribution in [0.4, 0.5) is 0 Å². The zero-order valence-electron chi connectivity index (χ0n) is 7.07. The number of carboxylic acids is 2. The molecule has 0 unspecified atom stereocenters. The van der Waals surface area contributed by atoms with Crippen LogP contribution in [-0.4, -0.2) is 22.2 Å².